The van der Waals surface area contributed by atoms with Crippen molar-refractivity contribution in [3.05, 3.63) is 40.1 Å². The number of aromatic nitrogens is 1. The first-order valence-corrected chi connectivity index (χ1v) is 5.71. The van der Waals surface area contributed by atoms with Crippen LogP contribution in [0.4, 0.5) is 5.69 Å². The number of fused-ring (bicyclic) bond motifs is 1. The minimum absolute atomic E-state index is 0.0213. The zero-order valence-electron chi connectivity index (χ0n) is 10.3. The molecule has 2 aromatic rings. The molecule has 1 heterocycles. The zero-order chi connectivity index (χ0) is 12.6. The van der Waals surface area contributed by atoms with Gasteiger partial charge in [0.05, 0.1) is 4.92 Å². The number of nitrogens with one attached hydrogen (secondary N) is 1. The van der Waals surface area contributed by atoms with Crippen LogP contribution in [0.5, 0.6) is 0 Å². The van der Waals surface area contributed by atoms with Gasteiger partial charge in [0, 0.05) is 29.2 Å². The van der Waals surface area contributed by atoms with Gasteiger partial charge in [-0.1, -0.05) is 20.8 Å². The van der Waals surface area contributed by atoms with E-state index >= 15 is 0 Å². The van der Waals surface area contributed by atoms with Crippen molar-refractivity contribution in [3.63, 3.8) is 0 Å². The Hall–Kier alpha value is -1.84. The largest absolute Gasteiger partial charge is 0.361 e. The third kappa shape index (κ3) is 1.90. The van der Waals surface area contributed by atoms with Crippen LogP contribution in [0.1, 0.15) is 32.8 Å². The van der Waals surface area contributed by atoms with Crippen LogP contribution in [-0.4, -0.2) is 9.91 Å². The molecule has 0 unspecified atom stereocenters. The monoisotopic (exact) mass is 232 g/mol. The quantitative estimate of drug-likeness (QED) is 0.647. The van der Waals surface area contributed by atoms with Crippen molar-refractivity contribution >= 4 is 16.6 Å². The highest BCUT2D eigenvalue weighted by Gasteiger charge is 2.22. The van der Waals surface area contributed by atoms with E-state index in [1.54, 1.807) is 12.1 Å². The lowest BCUT2D eigenvalue weighted by Crippen LogP contribution is -2.14. The van der Waals surface area contributed by atoms with Crippen molar-refractivity contribution in [3.8, 4) is 0 Å². The summed E-state index contributed by atoms with van der Waals surface area (Å²) in [6.07, 6.45) is 2.94. The molecule has 0 bridgehead atoms. The molecule has 0 amide bonds. The van der Waals surface area contributed by atoms with Gasteiger partial charge in [0.15, 0.2) is 0 Å². The molecule has 1 N–H and O–H groups in total. The summed E-state index contributed by atoms with van der Waals surface area (Å²) in [5, 5.41) is 11.7. The van der Waals surface area contributed by atoms with E-state index in [1.807, 2.05) is 6.20 Å². The maximum Gasteiger partial charge on any atom is 0.270 e. The topological polar surface area (TPSA) is 58.9 Å². The Morgan fingerprint density at radius 2 is 2.12 bits per heavy atom. The number of non-ortho nitro benzene ring substituents is 1. The van der Waals surface area contributed by atoms with E-state index in [-0.39, 0.29) is 16.0 Å². The summed E-state index contributed by atoms with van der Waals surface area (Å²) in [5.74, 6) is 0. The van der Waals surface area contributed by atoms with Crippen LogP contribution < -0.4 is 0 Å². The van der Waals surface area contributed by atoms with Crippen LogP contribution in [0, 0.1) is 10.1 Å². The molecule has 17 heavy (non-hydrogen) atoms. The summed E-state index contributed by atoms with van der Waals surface area (Å²) in [5.41, 5.74) is 2.25. The highest BCUT2D eigenvalue weighted by molar-refractivity contribution is 5.86. The molecule has 0 atom stereocenters. The fraction of sp³-hybridized carbons (Fsp3) is 0.385. The first-order valence-electron chi connectivity index (χ1n) is 5.71. The lowest BCUT2D eigenvalue weighted by atomic mass is 9.82. The standard InChI is InChI=1S/C13H16N2O2/c1-4-13(2,3)11-8-14-12-6-5-9(15(16)17)7-10(11)12/h5-8,14H,4H2,1-3H3. The van der Waals surface area contributed by atoms with Gasteiger partial charge in [-0.05, 0) is 23.5 Å². The third-order valence-corrected chi connectivity index (χ3v) is 3.49. The molecule has 0 aliphatic rings. The SMILES string of the molecule is CCC(C)(C)c1c[nH]c2ccc([N+](=O)[O-])cc12. The predicted octanol–water partition coefficient (Wildman–Crippen LogP) is 3.76. The maximum absolute atomic E-state index is 10.8. The highest BCUT2D eigenvalue weighted by atomic mass is 16.6. The fourth-order valence-electron chi connectivity index (χ4n) is 1.97. The van der Waals surface area contributed by atoms with Gasteiger partial charge >= 0.3 is 0 Å². The van der Waals surface area contributed by atoms with Crippen LogP contribution >= 0.6 is 0 Å². The normalized spacial score (nSPS) is 11.9. The number of rotatable bonds is 3. The Balaban J connectivity index is 2.66. The Labute approximate surface area is 99.8 Å². The van der Waals surface area contributed by atoms with E-state index in [1.165, 1.54) is 6.07 Å². The van der Waals surface area contributed by atoms with Crippen molar-refractivity contribution in [2.75, 3.05) is 0 Å². The van der Waals surface area contributed by atoms with E-state index < -0.39 is 0 Å². The van der Waals surface area contributed by atoms with Gasteiger partial charge in [-0.25, -0.2) is 0 Å². The molecule has 0 aliphatic carbocycles. The van der Waals surface area contributed by atoms with Crippen molar-refractivity contribution in [2.45, 2.75) is 32.6 Å². The summed E-state index contributed by atoms with van der Waals surface area (Å²) in [7, 11) is 0. The second-order valence-electron chi connectivity index (χ2n) is 4.93. The number of H-pyrrole nitrogens is 1. The third-order valence-electron chi connectivity index (χ3n) is 3.49. The number of nitrogens with zero attached hydrogens (tertiary/aromatic N) is 1. The van der Waals surface area contributed by atoms with Gasteiger partial charge < -0.3 is 4.98 Å². The molecule has 0 aliphatic heterocycles. The minimum Gasteiger partial charge on any atom is -0.361 e. The molecule has 0 saturated heterocycles. The fourth-order valence-corrected chi connectivity index (χ4v) is 1.97. The van der Waals surface area contributed by atoms with Gasteiger partial charge in [0.25, 0.3) is 5.69 Å². The number of benzene rings is 1. The molecule has 1 aromatic carbocycles. The number of nitro groups is 1. The van der Waals surface area contributed by atoms with Crippen LogP contribution in [-0.2, 0) is 5.41 Å². The lowest BCUT2D eigenvalue weighted by Gasteiger charge is -2.21. The maximum atomic E-state index is 10.8. The van der Waals surface area contributed by atoms with Crippen LogP contribution in [0.2, 0.25) is 0 Å². The number of hydrogen-bond acceptors (Lipinski definition) is 2. The number of aromatic amines is 1. The van der Waals surface area contributed by atoms with E-state index in [0.29, 0.717) is 0 Å². The van der Waals surface area contributed by atoms with E-state index in [2.05, 4.69) is 25.8 Å². The molecule has 0 spiro atoms. The van der Waals surface area contributed by atoms with Crippen LogP contribution in [0.25, 0.3) is 10.9 Å². The molecule has 2 rings (SSSR count). The first-order chi connectivity index (χ1) is 7.95. The van der Waals surface area contributed by atoms with Crippen LogP contribution in [0.15, 0.2) is 24.4 Å². The van der Waals surface area contributed by atoms with E-state index in [9.17, 15) is 10.1 Å². The highest BCUT2D eigenvalue weighted by Crippen LogP contribution is 2.34. The molecule has 0 saturated carbocycles. The molecule has 0 radical (unpaired) electrons. The average molecular weight is 232 g/mol. The van der Waals surface area contributed by atoms with E-state index in [0.717, 1.165) is 22.9 Å². The molecule has 0 fully saturated rings. The smallest absolute Gasteiger partial charge is 0.270 e. The minimum atomic E-state index is -0.352. The molecular formula is C13H16N2O2. The Morgan fingerprint density at radius 1 is 1.41 bits per heavy atom. The molecule has 1 aromatic heterocycles. The van der Waals surface area contributed by atoms with Crippen LogP contribution in [0.3, 0.4) is 0 Å². The number of hydrogen-bond donors (Lipinski definition) is 1. The summed E-state index contributed by atoms with van der Waals surface area (Å²) in [4.78, 5) is 13.6. The van der Waals surface area contributed by atoms with Gasteiger partial charge in [-0.15, -0.1) is 0 Å². The van der Waals surface area contributed by atoms with Crippen molar-refractivity contribution in [1.29, 1.82) is 0 Å². The summed E-state index contributed by atoms with van der Waals surface area (Å²) in [6, 6.07) is 4.95. The van der Waals surface area contributed by atoms with Crippen molar-refractivity contribution < 1.29 is 4.92 Å². The molecular weight excluding hydrogens is 216 g/mol. The molecule has 90 valence electrons. The molecule has 4 heteroatoms. The Kier molecular flexibility index (Phi) is 2.65. The summed E-state index contributed by atoms with van der Waals surface area (Å²) in [6.45, 7) is 6.42. The first kappa shape index (κ1) is 11.6. The van der Waals surface area contributed by atoms with Gasteiger partial charge in [0.2, 0.25) is 0 Å². The van der Waals surface area contributed by atoms with Gasteiger partial charge in [-0.3, -0.25) is 10.1 Å². The number of nitro benzene ring substituents is 1. The van der Waals surface area contributed by atoms with Crippen molar-refractivity contribution in [2.24, 2.45) is 0 Å². The summed E-state index contributed by atoms with van der Waals surface area (Å²) < 4.78 is 0. The average Bonchev–Trinajstić information content (AvgIpc) is 2.72. The van der Waals surface area contributed by atoms with Gasteiger partial charge in [0.1, 0.15) is 0 Å². The Morgan fingerprint density at radius 3 is 2.71 bits per heavy atom. The zero-order valence-corrected chi connectivity index (χ0v) is 10.3. The predicted molar refractivity (Wildman–Crippen MR) is 68.3 cm³/mol. The van der Waals surface area contributed by atoms with Gasteiger partial charge in [-0.2, -0.15) is 0 Å². The van der Waals surface area contributed by atoms with E-state index in [4.69, 9.17) is 0 Å². The lowest BCUT2D eigenvalue weighted by molar-refractivity contribution is -0.384. The summed E-state index contributed by atoms with van der Waals surface area (Å²) >= 11 is 0. The van der Waals surface area contributed by atoms with Crippen molar-refractivity contribution in [1.82, 2.24) is 4.98 Å². The Bertz CT molecular complexity index is 570. The molecule has 4 nitrogen and oxygen atoms in total. The second kappa shape index (κ2) is 3.87. The second-order valence-corrected chi connectivity index (χ2v) is 4.93.